The van der Waals surface area contributed by atoms with Gasteiger partial charge in [0.1, 0.15) is 21.5 Å². The fourth-order valence-electron chi connectivity index (χ4n) is 5.78. The summed E-state index contributed by atoms with van der Waals surface area (Å²) in [4.78, 5) is 17.7. The van der Waals surface area contributed by atoms with Crippen molar-refractivity contribution in [3.63, 3.8) is 0 Å². The fraction of sp³-hybridized carbons (Fsp3) is 0.552. The third kappa shape index (κ3) is 5.85. The number of hydrogen-bond donors (Lipinski definition) is 2. The number of alkyl halides is 1. The summed E-state index contributed by atoms with van der Waals surface area (Å²) in [6, 6.07) is 8.36. The highest BCUT2D eigenvalue weighted by atomic mass is 32.2. The fourth-order valence-corrected chi connectivity index (χ4v) is 6.51. The van der Waals surface area contributed by atoms with Crippen LogP contribution in [0.25, 0.3) is 10.8 Å². The van der Waals surface area contributed by atoms with Crippen LogP contribution < -0.4 is 15.1 Å². The topological polar surface area (TPSA) is 112 Å². The van der Waals surface area contributed by atoms with Crippen molar-refractivity contribution in [1.29, 1.82) is 0 Å². The first-order valence-electron chi connectivity index (χ1n) is 13.9. The zero-order valence-electron chi connectivity index (χ0n) is 23.8. The van der Waals surface area contributed by atoms with Gasteiger partial charge in [0.2, 0.25) is 5.95 Å². The first kappa shape index (κ1) is 28.5. The van der Waals surface area contributed by atoms with Crippen LogP contribution in [0.2, 0.25) is 0 Å². The molecule has 0 amide bonds. The Labute approximate surface area is 235 Å². The number of aliphatic hydroxyl groups is 1. The zero-order chi connectivity index (χ0) is 28.8. The van der Waals surface area contributed by atoms with E-state index in [-0.39, 0.29) is 18.3 Å². The van der Waals surface area contributed by atoms with Crippen LogP contribution >= 0.6 is 0 Å². The SMILES string of the molecule is CC(C)c1ccc(N2C[C@H](CCS(C)(=O)=O)[C@H]2C)c2cnc(Nc3ccnc(N4CC[C@@H](O)[C@](C)(F)C4)n3)cc12. The summed E-state index contributed by atoms with van der Waals surface area (Å²) in [6.45, 7) is 9.22. The van der Waals surface area contributed by atoms with Crippen LogP contribution in [0.15, 0.2) is 36.7 Å². The predicted octanol–water partition coefficient (Wildman–Crippen LogP) is 4.45. The van der Waals surface area contributed by atoms with E-state index in [2.05, 4.69) is 53.1 Å². The first-order chi connectivity index (χ1) is 18.8. The Morgan fingerprint density at radius 2 is 1.98 bits per heavy atom. The number of aliphatic hydroxyl groups excluding tert-OH is 1. The van der Waals surface area contributed by atoms with E-state index in [9.17, 15) is 17.9 Å². The van der Waals surface area contributed by atoms with Crippen LogP contribution in [0.1, 0.15) is 52.0 Å². The van der Waals surface area contributed by atoms with Crippen molar-refractivity contribution in [3.05, 3.63) is 42.2 Å². The van der Waals surface area contributed by atoms with Gasteiger partial charge in [-0.2, -0.15) is 4.98 Å². The van der Waals surface area contributed by atoms with Crippen molar-refractivity contribution in [2.75, 3.05) is 46.8 Å². The molecule has 2 aliphatic heterocycles. The van der Waals surface area contributed by atoms with Gasteiger partial charge < -0.3 is 20.2 Å². The quantitative estimate of drug-likeness (QED) is 0.406. The average Bonchev–Trinajstić information content (AvgIpc) is 2.88. The molecule has 0 spiro atoms. The summed E-state index contributed by atoms with van der Waals surface area (Å²) in [5.41, 5.74) is 0.591. The van der Waals surface area contributed by atoms with Gasteiger partial charge in [0.25, 0.3) is 0 Å². The third-order valence-electron chi connectivity index (χ3n) is 8.36. The minimum Gasteiger partial charge on any atom is -0.390 e. The van der Waals surface area contributed by atoms with E-state index in [0.29, 0.717) is 48.8 Å². The summed E-state index contributed by atoms with van der Waals surface area (Å²) >= 11 is 0. The largest absolute Gasteiger partial charge is 0.390 e. The smallest absolute Gasteiger partial charge is 0.227 e. The summed E-state index contributed by atoms with van der Waals surface area (Å²) in [6.07, 6.45) is 4.81. The number of sulfone groups is 1. The van der Waals surface area contributed by atoms with E-state index in [1.54, 1.807) is 17.2 Å². The van der Waals surface area contributed by atoms with Crippen LogP contribution in [-0.4, -0.2) is 77.9 Å². The van der Waals surface area contributed by atoms with Crippen molar-refractivity contribution >= 4 is 43.9 Å². The number of benzene rings is 1. The number of hydrogen-bond acceptors (Lipinski definition) is 9. The highest BCUT2D eigenvalue weighted by molar-refractivity contribution is 7.90. The second kappa shape index (κ2) is 10.7. The average molecular weight is 571 g/mol. The summed E-state index contributed by atoms with van der Waals surface area (Å²) in [5.74, 6) is 2.46. The molecule has 1 aromatic carbocycles. The highest BCUT2D eigenvalue weighted by Crippen LogP contribution is 2.40. The standard InChI is InChI=1S/C29H39FN6O3S/c1-18(2)21-6-7-24(36-16-20(19(36)3)10-13-40(5,38)39)23-15-32-27(14-22(21)23)33-26-8-11-31-28(34-26)35-12-9-25(37)29(4,30)17-35/h6-8,11,14-15,18-20,25,37H,9-10,12-13,16-17H2,1-5H3,(H,31,32,33,34)/t19-,20+,25-,29-/m1/s1. The maximum atomic E-state index is 14.7. The number of halogens is 1. The lowest BCUT2D eigenvalue weighted by atomic mass is 9.85. The molecule has 2 fully saturated rings. The molecular formula is C29H39FN6O3S. The zero-order valence-corrected chi connectivity index (χ0v) is 24.6. The van der Waals surface area contributed by atoms with Gasteiger partial charge in [0.15, 0.2) is 5.67 Å². The Hall–Kier alpha value is -3.05. The van der Waals surface area contributed by atoms with E-state index in [0.717, 1.165) is 23.0 Å². The van der Waals surface area contributed by atoms with Crippen molar-refractivity contribution in [2.45, 2.75) is 64.3 Å². The maximum Gasteiger partial charge on any atom is 0.227 e. The highest BCUT2D eigenvalue weighted by Gasteiger charge is 2.40. The second-order valence-corrected chi connectivity index (χ2v) is 14.1. The molecule has 4 heterocycles. The van der Waals surface area contributed by atoms with Gasteiger partial charge in [-0.25, -0.2) is 22.8 Å². The molecule has 2 saturated heterocycles. The van der Waals surface area contributed by atoms with Crippen LogP contribution in [0.3, 0.4) is 0 Å². The number of aromatic nitrogens is 3. The predicted molar refractivity (Wildman–Crippen MR) is 158 cm³/mol. The molecule has 11 heteroatoms. The molecule has 2 aromatic heterocycles. The lowest BCUT2D eigenvalue weighted by Crippen LogP contribution is -2.55. The molecule has 3 aromatic rings. The number of nitrogens with one attached hydrogen (secondary N) is 1. The number of nitrogens with zero attached hydrogens (tertiary/aromatic N) is 5. The van der Waals surface area contributed by atoms with Crippen molar-refractivity contribution in [2.24, 2.45) is 5.92 Å². The van der Waals surface area contributed by atoms with E-state index in [1.165, 1.54) is 18.7 Å². The summed E-state index contributed by atoms with van der Waals surface area (Å²) < 4.78 is 38.0. The summed E-state index contributed by atoms with van der Waals surface area (Å²) in [7, 11) is -2.97. The van der Waals surface area contributed by atoms with Gasteiger partial charge in [-0.1, -0.05) is 19.9 Å². The third-order valence-corrected chi connectivity index (χ3v) is 9.33. The van der Waals surface area contributed by atoms with Crippen LogP contribution in [0.5, 0.6) is 0 Å². The molecule has 0 radical (unpaired) electrons. The molecule has 4 atom stereocenters. The van der Waals surface area contributed by atoms with Crippen molar-refractivity contribution in [1.82, 2.24) is 15.0 Å². The molecule has 5 rings (SSSR count). The minimum atomic E-state index is -2.97. The van der Waals surface area contributed by atoms with E-state index in [4.69, 9.17) is 4.98 Å². The Morgan fingerprint density at radius 3 is 2.65 bits per heavy atom. The maximum absolute atomic E-state index is 14.7. The molecule has 216 valence electrons. The number of piperidine rings is 1. The summed E-state index contributed by atoms with van der Waals surface area (Å²) in [5, 5.41) is 15.4. The molecule has 0 bridgehead atoms. The van der Waals surface area contributed by atoms with Crippen LogP contribution in [-0.2, 0) is 9.84 Å². The Kier molecular flexibility index (Phi) is 7.64. The normalized spacial score (nSPS) is 25.4. The molecule has 2 aliphatic rings. The van der Waals surface area contributed by atoms with E-state index >= 15 is 0 Å². The van der Waals surface area contributed by atoms with Crippen molar-refractivity contribution in [3.8, 4) is 0 Å². The van der Waals surface area contributed by atoms with E-state index < -0.39 is 21.6 Å². The Bertz CT molecular complexity index is 1500. The lowest BCUT2D eigenvalue weighted by molar-refractivity contribution is -0.00860. The molecule has 2 N–H and O–H groups in total. The van der Waals surface area contributed by atoms with Gasteiger partial charge >= 0.3 is 0 Å². The number of fused-ring (bicyclic) bond motifs is 1. The number of anilines is 4. The molecule has 0 saturated carbocycles. The van der Waals surface area contributed by atoms with E-state index in [1.807, 2.05) is 12.3 Å². The number of pyridine rings is 1. The van der Waals surface area contributed by atoms with Crippen LogP contribution in [0, 0.1) is 5.92 Å². The Balaban J connectivity index is 1.39. The van der Waals surface area contributed by atoms with Gasteiger partial charge in [0, 0.05) is 48.9 Å². The van der Waals surface area contributed by atoms with Crippen molar-refractivity contribution < 1.29 is 17.9 Å². The van der Waals surface area contributed by atoms with Crippen LogP contribution in [0.4, 0.5) is 27.7 Å². The minimum absolute atomic E-state index is 0.0242. The molecular weight excluding hydrogens is 531 g/mol. The molecule has 40 heavy (non-hydrogen) atoms. The lowest BCUT2D eigenvalue weighted by Gasteiger charge is -2.48. The van der Waals surface area contributed by atoms with Gasteiger partial charge in [-0.15, -0.1) is 0 Å². The molecule has 9 nitrogen and oxygen atoms in total. The Morgan fingerprint density at radius 1 is 1.20 bits per heavy atom. The van der Waals surface area contributed by atoms with Gasteiger partial charge in [0.05, 0.1) is 18.4 Å². The first-order valence-corrected chi connectivity index (χ1v) is 16.0. The molecule has 0 aliphatic carbocycles. The van der Waals surface area contributed by atoms with Gasteiger partial charge in [-0.3, -0.25) is 0 Å². The second-order valence-electron chi connectivity index (χ2n) is 11.9. The number of rotatable bonds is 8. The molecule has 0 unspecified atom stereocenters. The van der Waals surface area contributed by atoms with Gasteiger partial charge in [-0.05, 0) is 67.7 Å². The monoisotopic (exact) mass is 570 g/mol.